The van der Waals surface area contributed by atoms with Gasteiger partial charge in [-0.25, -0.2) is 4.39 Å². The zero-order valence-corrected chi connectivity index (χ0v) is 13.1. The maximum atomic E-state index is 13.5. The fraction of sp³-hybridized carbons (Fsp3) is 0.600. The van der Waals surface area contributed by atoms with Crippen molar-refractivity contribution in [2.45, 2.75) is 26.8 Å². The van der Waals surface area contributed by atoms with Gasteiger partial charge in [-0.15, -0.1) is 12.4 Å². The number of phenolic OH excluding ortho intramolecular Hbond substituents is 1. The van der Waals surface area contributed by atoms with E-state index in [0.29, 0.717) is 5.56 Å². The Hall–Kier alpha value is -0.840. The number of nitrogens with one attached hydrogen (secondary N) is 1. The first-order valence-electron chi connectivity index (χ1n) is 6.83. The normalized spacial score (nSPS) is 18.4. The monoisotopic (exact) mass is 302 g/mol. The summed E-state index contributed by atoms with van der Waals surface area (Å²) in [5.41, 5.74) is 0.622. The third-order valence-electron chi connectivity index (χ3n) is 3.62. The smallest absolute Gasteiger partial charge is 0.123 e. The third kappa shape index (κ3) is 3.84. The first kappa shape index (κ1) is 17.2. The first-order valence-corrected chi connectivity index (χ1v) is 6.83. The van der Waals surface area contributed by atoms with Crippen molar-refractivity contribution < 1.29 is 9.50 Å². The predicted octanol–water partition coefficient (Wildman–Crippen LogP) is 2.95. The van der Waals surface area contributed by atoms with Crippen LogP contribution in [0.5, 0.6) is 5.75 Å². The van der Waals surface area contributed by atoms with Gasteiger partial charge in [-0.05, 0) is 23.6 Å². The van der Waals surface area contributed by atoms with Gasteiger partial charge in [0.2, 0.25) is 0 Å². The quantitative estimate of drug-likeness (QED) is 0.882. The van der Waals surface area contributed by atoms with E-state index < -0.39 is 0 Å². The number of rotatable bonds is 2. The molecule has 2 rings (SSSR count). The molecule has 2 N–H and O–H groups in total. The molecule has 3 nitrogen and oxygen atoms in total. The molecule has 5 heteroatoms. The number of phenols is 1. The number of nitrogens with zero attached hydrogens (tertiary/aromatic N) is 1. The van der Waals surface area contributed by atoms with Crippen LogP contribution in [0.4, 0.5) is 4.39 Å². The van der Waals surface area contributed by atoms with Crippen molar-refractivity contribution in [3.05, 3.63) is 29.6 Å². The Morgan fingerprint density at radius 1 is 1.25 bits per heavy atom. The lowest BCUT2D eigenvalue weighted by atomic mass is 9.80. The molecule has 1 saturated heterocycles. The van der Waals surface area contributed by atoms with E-state index in [4.69, 9.17) is 0 Å². The standard InChI is InChI=1S/C15H23FN2O.ClH/c1-15(2,3)14(18-8-6-17-7-9-18)12-10-11(16)4-5-13(12)19;/h4-5,10,14,17,19H,6-9H2,1-3H3;1H/t14-;/m1./s1. The second-order valence-electron chi connectivity index (χ2n) is 6.26. The van der Waals surface area contributed by atoms with Crippen LogP contribution in [0, 0.1) is 11.2 Å². The molecule has 0 spiro atoms. The Morgan fingerprint density at radius 2 is 1.85 bits per heavy atom. The Balaban J connectivity index is 0.00000200. The number of benzene rings is 1. The molecule has 0 amide bonds. The minimum atomic E-state index is -0.294. The van der Waals surface area contributed by atoms with Crippen LogP contribution >= 0.6 is 12.4 Å². The van der Waals surface area contributed by atoms with E-state index in [1.165, 1.54) is 18.2 Å². The van der Waals surface area contributed by atoms with E-state index in [9.17, 15) is 9.50 Å². The molecular formula is C15H24ClFN2O. The van der Waals surface area contributed by atoms with Crippen molar-refractivity contribution in [2.75, 3.05) is 26.2 Å². The van der Waals surface area contributed by atoms with Crippen LogP contribution < -0.4 is 5.32 Å². The van der Waals surface area contributed by atoms with Crippen LogP contribution in [0.1, 0.15) is 32.4 Å². The zero-order chi connectivity index (χ0) is 14.0. The highest BCUT2D eigenvalue weighted by molar-refractivity contribution is 5.85. The lowest BCUT2D eigenvalue weighted by molar-refractivity contribution is 0.0840. The lowest BCUT2D eigenvalue weighted by Crippen LogP contribution is -2.48. The van der Waals surface area contributed by atoms with Gasteiger partial charge in [0.1, 0.15) is 11.6 Å². The van der Waals surface area contributed by atoms with Gasteiger partial charge >= 0.3 is 0 Å². The van der Waals surface area contributed by atoms with Crippen LogP contribution in [-0.4, -0.2) is 36.2 Å². The van der Waals surface area contributed by atoms with E-state index in [2.05, 4.69) is 31.0 Å². The molecule has 114 valence electrons. The van der Waals surface area contributed by atoms with Gasteiger partial charge in [-0.2, -0.15) is 0 Å². The third-order valence-corrected chi connectivity index (χ3v) is 3.62. The zero-order valence-electron chi connectivity index (χ0n) is 12.3. The average Bonchev–Trinajstić information content (AvgIpc) is 2.33. The minimum Gasteiger partial charge on any atom is -0.508 e. The van der Waals surface area contributed by atoms with Gasteiger partial charge in [-0.3, -0.25) is 4.90 Å². The van der Waals surface area contributed by atoms with Crippen molar-refractivity contribution in [1.29, 1.82) is 0 Å². The molecule has 1 aromatic rings. The molecule has 0 aromatic heterocycles. The maximum Gasteiger partial charge on any atom is 0.123 e. The highest BCUT2D eigenvalue weighted by Crippen LogP contribution is 2.41. The molecule has 20 heavy (non-hydrogen) atoms. The summed E-state index contributed by atoms with van der Waals surface area (Å²) in [4.78, 5) is 2.32. The molecule has 1 aromatic carbocycles. The number of hydrogen-bond acceptors (Lipinski definition) is 3. The van der Waals surface area contributed by atoms with Crippen molar-refractivity contribution in [3.63, 3.8) is 0 Å². The second kappa shape index (κ2) is 6.74. The SMILES string of the molecule is CC(C)(C)[C@@H](c1cc(F)ccc1O)N1CCNCC1.Cl. The Kier molecular flexibility index (Phi) is 5.80. The second-order valence-corrected chi connectivity index (χ2v) is 6.26. The van der Waals surface area contributed by atoms with Crippen LogP contribution in [0.3, 0.4) is 0 Å². The number of hydrogen-bond donors (Lipinski definition) is 2. The summed E-state index contributed by atoms with van der Waals surface area (Å²) in [6.07, 6.45) is 0. The summed E-state index contributed by atoms with van der Waals surface area (Å²) in [6.45, 7) is 10.1. The van der Waals surface area contributed by atoms with Gasteiger partial charge in [0, 0.05) is 37.8 Å². The van der Waals surface area contributed by atoms with E-state index in [-0.39, 0.29) is 35.4 Å². The minimum absolute atomic E-state index is 0. The van der Waals surface area contributed by atoms with Crippen LogP contribution in [0.2, 0.25) is 0 Å². The number of piperazine rings is 1. The Morgan fingerprint density at radius 3 is 2.40 bits per heavy atom. The molecule has 1 aliphatic heterocycles. The number of aromatic hydroxyl groups is 1. The largest absolute Gasteiger partial charge is 0.508 e. The Bertz CT molecular complexity index is 442. The van der Waals surface area contributed by atoms with Crippen LogP contribution in [0.25, 0.3) is 0 Å². The Labute approximate surface area is 126 Å². The van der Waals surface area contributed by atoms with Crippen molar-refractivity contribution in [2.24, 2.45) is 5.41 Å². The topological polar surface area (TPSA) is 35.5 Å². The highest BCUT2D eigenvalue weighted by Gasteiger charge is 2.34. The van der Waals surface area contributed by atoms with Crippen LogP contribution in [-0.2, 0) is 0 Å². The van der Waals surface area contributed by atoms with E-state index >= 15 is 0 Å². The summed E-state index contributed by atoms with van der Waals surface area (Å²) in [5, 5.41) is 13.4. The van der Waals surface area contributed by atoms with Gasteiger partial charge in [0.15, 0.2) is 0 Å². The molecule has 1 aliphatic rings. The van der Waals surface area contributed by atoms with E-state index in [0.717, 1.165) is 26.2 Å². The first-order chi connectivity index (χ1) is 8.89. The van der Waals surface area contributed by atoms with E-state index in [1.54, 1.807) is 0 Å². The summed E-state index contributed by atoms with van der Waals surface area (Å²) in [5.74, 6) is -0.114. The molecule has 1 fully saturated rings. The van der Waals surface area contributed by atoms with Gasteiger partial charge in [0.25, 0.3) is 0 Å². The van der Waals surface area contributed by atoms with Gasteiger partial charge in [-0.1, -0.05) is 20.8 Å². The highest BCUT2D eigenvalue weighted by atomic mass is 35.5. The molecule has 1 atom stereocenters. The molecule has 0 bridgehead atoms. The summed E-state index contributed by atoms with van der Waals surface area (Å²) < 4.78 is 13.5. The summed E-state index contributed by atoms with van der Waals surface area (Å²) >= 11 is 0. The van der Waals surface area contributed by atoms with Crippen molar-refractivity contribution in [1.82, 2.24) is 10.2 Å². The average molecular weight is 303 g/mol. The molecule has 1 heterocycles. The van der Waals surface area contributed by atoms with Crippen molar-refractivity contribution >= 4 is 12.4 Å². The van der Waals surface area contributed by atoms with Gasteiger partial charge in [0.05, 0.1) is 0 Å². The predicted molar refractivity (Wildman–Crippen MR) is 82.0 cm³/mol. The van der Waals surface area contributed by atoms with Crippen molar-refractivity contribution in [3.8, 4) is 5.75 Å². The maximum absolute atomic E-state index is 13.5. The molecular weight excluding hydrogens is 279 g/mol. The summed E-state index contributed by atoms with van der Waals surface area (Å²) in [7, 11) is 0. The van der Waals surface area contributed by atoms with Gasteiger partial charge < -0.3 is 10.4 Å². The lowest BCUT2D eigenvalue weighted by Gasteiger charge is -2.42. The molecule has 0 saturated carbocycles. The van der Waals surface area contributed by atoms with E-state index in [1.807, 2.05) is 0 Å². The number of halogens is 2. The summed E-state index contributed by atoms with van der Waals surface area (Å²) in [6, 6.07) is 4.24. The fourth-order valence-corrected chi connectivity index (χ4v) is 2.90. The molecule has 0 aliphatic carbocycles. The molecule has 0 radical (unpaired) electrons. The van der Waals surface area contributed by atoms with Crippen LogP contribution in [0.15, 0.2) is 18.2 Å². The fourth-order valence-electron chi connectivity index (χ4n) is 2.90. The molecule has 0 unspecified atom stereocenters.